The fourth-order valence-corrected chi connectivity index (χ4v) is 3.32. The molecule has 0 aliphatic carbocycles. The molecule has 138 valence electrons. The van der Waals surface area contributed by atoms with Crippen molar-refractivity contribution in [3.05, 3.63) is 59.0 Å². The van der Waals surface area contributed by atoms with Gasteiger partial charge in [-0.25, -0.2) is 4.79 Å². The molecule has 1 saturated heterocycles. The molecule has 2 heterocycles. The van der Waals surface area contributed by atoms with Crippen LogP contribution in [0.1, 0.15) is 27.2 Å². The van der Waals surface area contributed by atoms with E-state index >= 15 is 0 Å². The maximum absolute atomic E-state index is 12.4. The molecule has 2 aromatic rings. The highest BCUT2D eigenvalue weighted by Crippen LogP contribution is 2.13. The number of benzene rings is 1. The number of amides is 3. The highest BCUT2D eigenvalue weighted by atomic mass is 16.3. The summed E-state index contributed by atoms with van der Waals surface area (Å²) < 4.78 is 5.15. The quantitative estimate of drug-likeness (QED) is 0.917. The molecule has 1 N–H and O–H groups in total. The van der Waals surface area contributed by atoms with Crippen molar-refractivity contribution < 1.29 is 14.0 Å². The molecule has 6 nitrogen and oxygen atoms in total. The van der Waals surface area contributed by atoms with E-state index < -0.39 is 0 Å². The molecule has 1 aliphatic rings. The molecule has 26 heavy (non-hydrogen) atoms. The van der Waals surface area contributed by atoms with E-state index in [-0.39, 0.29) is 11.9 Å². The fourth-order valence-electron chi connectivity index (χ4n) is 3.32. The Labute approximate surface area is 153 Å². The summed E-state index contributed by atoms with van der Waals surface area (Å²) in [4.78, 5) is 28.1. The maximum Gasteiger partial charge on any atom is 0.317 e. The maximum atomic E-state index is 12.4. The van der Waals surface area contributed by atoms with Crippen LogP contribution in [0.5, 0.6) is 0 Å². The van der Waals surface area contributed by atoms with Crippen LogP contribution in [0.25, 0.3) is 0 Å². The van der Waals surface area contributed by atoms with Crippen molar-refractivity contribution in [1.82, 2.24) is 15.1 Å². The predicted molar refractivity (Wildman–Crippen MR) is 99.2 cm³/mol. The third kappa shape index (κ3) is 4.07. The first-order chi connectivity index (χ1) is 12.6. The number of urea groups is 1. The van der Waals surface area contributed by atoms with Gasteiger partial charge in [0.25, 0.3) is 5.91 Å². The Kier molecular flexibility index (Phi) is 5.61. The first kappa shape index (κ1) is 18.0. The van der Waals surface area contributed by atoms with Gasteiger partial charge in [-0.1, -0.05) is 18.2 Å². The van der Waals surface area contributed by atoms with E-state index in [4.69, 9.17) is 4.42 Å². The van der Waals surface area contributed by atoms with Crippen molar-refractivity contribution >= 4 is 11.9 Å². The first-order valence-corrected chi connectivity index (χ1v) is 8.97. The molecule has 6 heteroatoms. The zero-order valence-electron chi connectivity index (χ0n) is 15.3. The molecule has 3 amide bonds. The van der Waals surface area contributed by atoms with Crippen molar-refractivity contribution in [3.8, 4) is 0 Å². The Bertz CT molecular complexity index is 742. The van der Waals surface area contributed by atoms with Crippen LogP contribution in [-0.4, -0.2) is 54.5 Å². The van der Waals surface area contributed by atoms with Crippen LogP contribution in [0, 0.1) is 13.8 Å². The molecular formula is C20H25N3O3. The van der Waals surface area contributed by atoms with Crippen molar-refractivity contribution in [2.75, 3.05) is 32.7 Å². The fraction of sp³-hybridized carbons (Fsp3) is 0.400. The molecule has 1 aliphatic heterocycles. The molecule has 0 radical (unpaired) electrons. The van der Waals surface area contributed by atoms with Gasteiger partial charge < -0.3 is 19.5 Å². The number of aryl methyl sites for hydroxylation is 2. The highest BCUT2D eigenvalue weighted by Gasteiger charge is 2.25. The summed E-state index contributed by atoms with van der Waals surface area (Å²) in [5, 5.41) is 2.99. The van der Waals surface area contributed by atoms with Crippen LogP contribution in [0.2, 0.25) is 0 Å². The van der Waals surface area contributed by atoms with Crippen LogP contribution in [0.4, 0.5) is 4.79 Å². The van der Waals surface area contributed by atoms with Crippen LogP contribution >= 0.6 is 0 Å². The van der Waals surface area contributed by atoms with E-state index in [0.29, 0.717) is 38.5 Å². The standard InChI is InChI=1S/C20H25N3O3/c1-15-5-3-6-16(2)17(15)8-9-21-20(25)23-12-10-22(11-13-23)19(24)18-7-4-14-26-18/h3-7,14H,8-13H2,1-2H3,(H,21,25). The van der Waals surface area contributed by atoms with Gasteiger partial charge in [-0.3, -0.25) is 4.79 Å². The molecule has 1 aromatic heterocycles. The largest absolute Gasteiger partial charge is 0.459 e. The second-order valence-corrected chi connectivity index (χ2v) is 6.61. The van der Waals surface area contributed by atoms with Crippen molar-refractivity contribution in [2.45, 2.75) is 20.3 Å². The summed E-state index contributed by atoms with van der Waals surface area (Å²) >= 11 is 0. The van der Waals surface area contributed by atoms with E-state index in [9.17, 15) is 9.59 Å². The Morgan fingerprint density at radius 2 is 1.65 bits per heavy atom. The molecule has 0 spiro atoms. The van der Waals surface area contributed by atoms with Gasteiger partial charge in [0.05, 0.1) is 6.26 Å². The number of furan rings is 1. The predicted octanol–water partition coefficient (Wildman–Crippen LogP) is 2.61. The summed E-state index contributed by atoms with van der Waals surface area (Å²) in [7, 11) is 0. The minimum atomic E-state index is -0.120. The van der Waals surface area contributed by atoms with E-state index in [2.05, 4.69) is 37.4 Å². The summed E-state index contributed by atoms with van der Waals surface area (Å²) in [6.45, 7) is 6.89. The summed E-state index contributed by atoms with van der Waals surface area (Å²) in [5.41, 5.74) is 3.80. The van der Waals surface area contributed by atoms with Gasteiger partial charge in [0, 0.05) is 32.7 Å². The molecule has 3 rings (SSSR count). The monoisotopic (exact) mass is 355 g/mol. The van der Waals surface area contributed by atoms with Crippen LogP contribution in [0.15, 0.2) is 41.0 Å². The van der Waals surface area contributed by atoms with Gasteiger partial charge in [0.15, 0.2) is 5.76 Å². The number of hydrogen-bond acceptors (Lipinski definition) is 3. The van der Waals surface area contributed by atoms with Crippen molar-refractivity contribution in [1.29, 1.82) is 0 Å². The molecule has 0 unspecified atom stereocenters. The molecule has 1 aromatic carbocycles. The van der Waals surface area contributed by atoms with E-state index in [1.54, 1.807) is 21.9 Å². The Morgan fingerprint density at radius 3 is 2.27 bits per heavy atom. The van der Waals surface area contributed by atoms with E-state index in [1.807, 2.05) is 0 Å². The second kappa shape index (κ2) is 8.08. The lowest BCUT2D eigenvalue weighted by molar-refractivity contribution is 0.0634. The Balaban J connectivity index is 1.44. The zero-order chi connectivity index (χ0) is 18.5. The van der Waals surface area contributed by atoms with E-state index in [0.717, 1.165) is 6.42 Å². The van der Waals surface area contributed by atoms with Gasteiger partial charge >= 0.3 is 6.03 Å². The highest BCUT2D eigenvalue weighted by molar-refractivity contribution is 5.91. The number of hydrogen-bond donors (Lipinski definition) is 1. The SMILES string of the molecule is Cc1cccc(C)c1CCNC(=O)N1CCN(C(=O)c2ccco2)CC1. The molecule has 0 atom stereocenters. The summed E-state index contributed by atoms with van der Waals surface area (Å²) in [6.07, 6.45) is 2.31. The smallest absolute Gasteiger partial charge is 0.317 e. The van der Waals surface area contributed by atoms with Crippen molar-refractivity contribution in [2.24, 2.45) is 0 Å². The molecule has 1 fully saturated rings. The average molecular weight is 355 g/mol. The number of rotatable bonds is 4. The lowest BCUT2D eigenvalue weighted by atomic mass is 10.0. The molecule has 0 bridgehead atoms. The normalized spacial score (nSPS) is 14.4. The molecular weight excluding hydrogens is 330 g/mol. The van der Waals surface area contributed by atoms with Gasteiger partial charge in [-0.2, -0.15) is 0 Å². The number of carbonyl (C=O) groups is 2. The van der Waals surface area contributed by atoms with Crippen LogP contribution in [0.3, 0.4) is 0 Å². The Morgan fingerprint density at radius 1 is 1.00 bits per heavy atom. The van der Waals surface area contributed by atoms with Gasteiger partial charge in [-0.15, -0.1) is 0 Å². The minimum absolute atomic E-state index is 0.0682. The number of carbonyl (C=O) groups excluding carboxylic acids is 2. The van der Waals surface area contributed by atoms with Crippen LogP contribution in [-0.2, 0) is 6.42 Å². The van der Waals surface area contributed by atoms with Crippen LogP contribution < -0.4 is 5.32 Å². The van der Waals surface area contributed by atoms with Gasteiger partial charge in [0.2, 0.25) is 0 Å². The topological polar surface area (TPSA) is 65.8 Å². The minimum Gasteiger partial charge on any atom is -0.459 e. The van der Waals surface area contributed by atoms with Gasteiger partial charge in [0.1, 0.15) is 0 Å². The number of nitrogens with zero attached hydrogens (tertiary/aromatic N) is 2. The average Bonchev–Trinajstić information content (AvgIpc) is 3.18. The Hall–Kier alpha value is -2.76. The first-order valence-electron chi connectivity index (χ1n) is 8.97. The lowest BCUT2D eigenvalue weighted by Gasteiger charge is -2.34. The van der Waals surface area contributed by atoms with E-state index in [1.165, 1.54) is 23.0 Å². The third-order valence-electron chi connectivity index (χ3n) is 4.88. The zero-order valence-corrected chi connectivity index (χ0v) is 15.3. The molecule has 0 saturated carbocycles. The van der Waals surface area contributed by atoms with Gasteiger partial charge in [-0.05, 0) is 49.1 Å². The summed E-state index contributed by atoms with van der Waals surface area (Å²) in [6, 6.07) is 9.54. The number of piperazine rings is 1. The lowest BCUT2D eigenvalue weighted by Crippen LogP contribution is -2.53. The summed E-state index contributed by atoms with van der Waals surface area (Å²) in [5.74, 6) is 0.224. The number of nitrogens with one attached hydrogen (secondary N) is 1. The third-order valence-corrected chi connectivity index (χ3v) is 4.88. The van der Waals surface area contributed by atoms with Crippen molar-refractivity contribution in [3.63, 3.8) is 0 Å². The second-order valence-electron chi connectivity index (χ2n) is 6.61.